The molecule has 0 aliphatic carbocycles. The van der Waals surface area contributed by atoms with Crippen LogP contribution in [0.5, 0.6) is 5.75 Å². The summed E-state index contributed by atoms with van der Waals surface area (Å²) in [7, 11) is 0. The lowest BCUT2D eigenvalue weighted by atomic mass is 10.1. The number of nitrogens with zero attached hydrogens (tertiary/aromatic N) is 2. The minimum atomic E-state index is -0.238. The highest BCUT2D eigenvalue weighted by Gasteiger charge is 2.14. The number of para-hydroxylation sites is 1. The average molecular weight is 310 g/mol. The van der Waals surface area contributed by atoms with E-state index in [1.54, 1.807) is 10.6 Å². The number of unbranched alkanes of at least 4 members (excludes halogenated alkanes) is 1. The molecule has 2 aromatic rings. The topological polar surface area (TPSA) is 55.0 Å². The van der Waals surface area contributed by atoms with Gasteiger partial charge in [-0.3, -0.25) is 4.79 Å². The maximum atomic E-state index is 12.5. The first-order valence-corrected chi connectivity index (χ1v) is 7.98. The van der Waals surface area contributed by atoms with Crippen LogP contribution in [0.4, 0.5) is 0 Å². The minimum Gasteiger partial charge on any atom is -0.490 e. The number of hydrogen-bond donors (Lipinski definition) is 0. The smallest absolute Gasteiger partial charge is 0.268 e. The molecule has 1 aromatic heterocycles. The van der Waals surface area contributed by atoms with E-state index >= 15 is 0 Å². The molecule has 0 unspecified atom stereocenters. The summed E-state index contributed by atoms with van der Waals surface area (Å²) in [6.07, 6.45) is 1.91. The minimum absolute atomic E-state index is 0.0466. The van der Waals surface area contributed by atoms with Gasteiger partial charge in [0.05, 0.1) is 11.8 Å². The van der Waals surface area contributed by atoms with E-state index in [1.807, 2.05) is 50.2 Å². The Morgan fingerprint density at radius 3 is 2.61 bits per heavy atom. The van der Waals surface area contributed by atoms with Gasteiger partial charge in [-0.1, -0.05) is 25.5 Å². The second kappa shape index (κ2) is 7.64. The van der Waals surface area contributed by atoms with Crippen molar-refractivity contribution in [2.45, 2.75) is 46.3 Å². The van der Waals surface area contributed by atoms with Crippen LogP contribution in [0.2, 0.25) is 0 Å². The van der Waals surface area contributed by atoms with Crippen LogP contribution in [-0.4, -0.2) is 10.7 Å². The predicted octanol–water partition coefficient (Wildman–Crippen LogP) is 3.97. The Hall–Kier alpha value is -2.54. The van der Waals surface area contributed by atoms with E-state index in [1.165, 1.54) is 0 Å². The van der Waals surface area contributed by atoms with E-state index in [4.69, 9.17) is 10.00 Å². The highest BCUT2D eigenvalue weighted by molar-refractivity contribution is 5.68. The Balaban J connectivity index is 2.62. The molecule has 0 N–H and O–H groups in total. The van der Waals surface area contributed by atoms with E-state index in [-0.39, 0.29) is 17.2 Å². The first-order valence-electron chi connectivity index (χ1n) is 7.98. The number of aromatic nitrogens is 1. The monoisotopic (exact) mass is 310 g/mol. The summed E-state index contributed by atoms with van der Waals surface area (Å²) in [4.78, 5) is 12.5. The first kappa shape index (κ1) is 16.8. The summed E-state index contributed by atoms with van der Waals surface area (Å²) in [6, 6.07) is 13.1. The Morgan fingerprint density at radius 1 is 1.22 bits per heavy atom. The summed E-state index contributed by atoms with van der Waals surface area (Å²) in [5, 5.41) is 9.12. The Labute approximate surface area is 137 Å². The Bertz CT molecular complexity index is 770. The summed E-state index contributed by atoms with van der Waals surface area (Å²) < 4.78 is 7.56. The van der Waals surface area contributed by atoms with Gasteiger partial charge in [0.2, 0.25) is 0 Å². The number of pyridine rings is 1. The van der Waals surface area contributed by atoms with Crippen LogP contribution in [0, 0.1) is 11.3 Å². The molecular formula is C19H22N2O2. The molecular weight excluding hydrogens is 288 g/mol. The van der Waals surface area contributed by atoms with Gasteiger partial charge in [-0.25, -0.2) is 0 Å². The maximum Gasteiger partial charge on any atom is 0.268 e. The fraction of sp³-hybridized carbons (Fsp3) is 0.368. The van der Waals surface area contributed by atoms with Gasteiger partial charge < -0.3 is 9.30 Å². The lowest BCUT2D eigenvalue weighted by Gasteiger charge is -2.18. The van der Waals surface area contributed by atoms with Gasteiger partial charge in [0, 0.05) is 12.1 Å². The van der Waals surface area contributed by atoms with Gasteiger partial charge in [-0.15, -0.1) is 0 Å². The van der Waals surface area contributed by atoms with Crippen molar-refractivity contribution in [2.75, 3.05) is 0 Å². The van der Waals surface area contributed by atoms with Crippen LogP contribution in [-0.2, 0) is 6.54 Å². The third kappa shape index (κ3) is 3.81. The van der Waals surface area contributed by atoms with Gasteiger partial charge in [0.15, 0.2) is 0 Å². The zero-order valence-corrected chi connectivity index (χ0v) is 13.9. The van der Waals surface area contributed by atoms with Crippen molar-refractivity contribution in [3.05, 3.63) is 52.3 Å². The van der Waals surface area contributed by atoms with Crippen molar-refractivity contribution < 1.29 is 4.74 Å². The van der Waals surface area contributed by atoms with E-state index in [2.05, 4.69) is 6.92 Å². The van der Waals surface area contributed by atoms with Crippen molar-refractivity contribution in [1.82, 2.24) is 4.57 Å². The molecule has 0 amide bonds. The van der Waals surface area contributed by atoms with Crippen LogP contribution in [0.25, 0.3) is 11.3 Å². The number of hydrogen-bond acceptors (Lipinski definition) is 3. The molecule has 0 atom stereocenters. The molecule has 0 spiro atoms. The second-order valence-electron chi connectivity index (χ2n) is 5.72. The Kier molecular flexibility index (Phi) is 5.59. The van der Waals surface area contributed by atoms with Crippen LogP contribution in [0.3, 0.4) is 0 Å². The zero-order valence-electron chi connectivity index (χ0n) is 13.9. The predicted molar refractivity (Wildman–Crippen MR) is 91.5 cm³/mol. The molecule has 0 aliphatic heterocycles. The maximum absolute atomic E-state index is 12.5. The van der Waals surface area contributed by atoms with Gasteiger partial charge >= 0.3 is 0 Å². The number of benzene rings is 1. The summed E-state index contributed by atoms with van der Waals surface area (Å²) >= 11 is 0. The molecule has 0 aliphatic rings. The van der Waals surface area contributed by atoms with E-state index in [0.717, 1.165) is 29.8 Å². The molecule has 0 bridgehead atoms. The molecule has 23 heavy (non-hydrogen) atoms. The molecule has 2 rings (SSSR count). The normalized spacial score (nSPS) is 10.6. The molecule has 1 heterocycles. The average Bonchev–Trinajstić information content (AvgIpc) is 2.53. The number of rotatable bonds is 6. The van der Waals surface area contributed by atoms with E-state index < -0.39 is 0 Å². The summed E-state index contributed by atoms with van der Waals surface area (Å²) in [5.41, 5.74) is 1.60. The number of nitriles is 1. The van der Waals surface area contributed by atoms with E-state index in [9.17, 15) is 4.79 Å². The van der Waals surface area contributed by atoms with Crippen molar-refractivity contribution >= 4 is 0 Å². The molecule has 4 heteroatoms. The van der Waals surface area contributed by atoms with Gasteiger partial charge in [-0.05, 0) is 44.5 Å². The summed E-state index contributed by atoms with van der Waals surface area (Å²) in [6.45, 7) is 6.62. The molecule has 1 aromatic carbocycles. The molecule has 0 saturated carbocycles. The lowest BCUT2D eigenvalue weighted by Crippen LogP contribution is -2.24. The quantitative estimate of drug-likeness (QED) is 0.811. The van der Waals surface area contributed by atoms with Gasteiger partial charge in [0.1, 0.15) is 17.4 Å². The number of ether oxygens (including phenoxy) is 1. The van der Waals surface area contributed by atoms with E-state index in [0.29, 0.717) is 6.54 Å². The summed E-state index contributed by atoms with van der Waals surface area (Å²) in [5.74, 6) is 0.747. The first-order chi connectivity index (χ1) is 11.1. The highest BCUT2D eigenvalue weighted by atomic mass is 16.5. The van der Waals surface area contributed by atoms with Crippen LogP contribution in [0.15, 0.2) is 41.2 Å². The molecule has 0 saturated heterocycles. The fourth-order valence-electron chi connectivity index (χ4n) is 2.47. The standard InChI is InChI=1S/C19H22N2O2/c1-4-5-12-21-17(11-10-15(13-20)19(21)22)16-8-6-7-9-18(16)23-14(2)3/h6-11,14H,4-5,12H2,1-3H3. The van der Waals surface area contributed by atoms with Crippen LogP contribution < -0.4 is 10.3 Å². The zero-order chi connectivity index (χ0) is 16.8. The third-order valence-electron chi connectivity index (χ3n) is 3.56. The van der Waals surface area contributed by atoms with Crippen LogP contribution in [0.1, 0.15) is 39.2 Å². The van der Waals surface area contributed by atoms with Gasteiger partial charge in [-0.2, -0.15) is 5.26 Å². The fourth-order valence-corrected chi connectivity index (χ4v) is 2.47. The largest absolute Gasteiger partial charge is 0.490 e. The van der Waals surface area contributed by atoms with Crippen molar-refractivity contribution in [1.29, 1.82) is 5.26 Å². The van der Waals surface area contributed by atoms with Gasteiger partial charge in [0.25, 0.3) is 5.56 Å². The second-order valence-corrected chi connectivity index (χ2v) is 5.72. The van der Waals surface area contributed by atoms with Crippen molar-refractivity contribution in [2.24, 2.45) is 0 Å². The Morgan fingerprint density at radius 2 is 1.96 bits per heavy atom. The highest BCUT2D eigenvalue weighted by Crippen LogP contribution is 2.30. The molecule has 120 valence electrons. The van der Waals surface area contributed by atoms with Crippen LogP contribution >= 0.6 is 0 Å². The third-order valence-corrected chi connectivity index (χ3v) is 3.56. The molecule has 0 radical (unpaired) electrons. The molecule has 0 fully saturated rings. The lowest BCUT2D eigenvalue weighted by molar-refractivity contribution is 0.243. The van der Waals surface area contributed by atoms with Crippen molar-refractivity contribution in [3.63, 3.8) is 0 Å². The van der Waals surface area contributed by atoms with Crippen molar-refractivity contribution in [3.8, 4) is 23.1 Å². The SMILES string of the molecule is CCCCn1c(-c2ccccc2OC(C)C)ccc(C#N)c1=O. The molecule has 4 nitrogen and oxygen atoms in total.